The lowest BCUT2D eigenvalue weighted by molar-refractivity contribution is -0.118. The smallest absolute Gasteiger partial charge is 0.163 e. The molecule has 5 heteroatoms. The first kappa shape index (κ1) is 16.5. The molecule has 0 saturated carbocycles. The van der Waals surface area contributed by atoms with E-state index in [1.165, 1.54) is 12.1 Å². The van der Waals surface area contributed by atoms with Crippen molar-refractivity contribution in [3.63, 3.8) is 0 Å². The maximum absolute atomic E-state index is 13.0. The number of benzene rings is 2. The van der Waals surface area contributed by atoms with Gasteiger partial charge in [-0.2, -0.15) is 0 Å². The van der Waals surface area contributed by atoms with Gasteiger partial charge < -0.3 is 20.8 Å². The van der Waals surface area contributed by atoms with Crippen LogP contribution in [0.3, 0.4) is 0 Å². The average molecular weight is 350 g/mol. The number of nitrogens with one attached hydrogen (secondary N) is 2. The van der Waals surface area contributed by atoms with Crippen LogP contribution >= 0.6 is 0 Å². The maximum atomic E-state index is 13.0. The number of carbonyl (C=O) groups excluding carboxylic acids is 1. The maximum Gasteiger partial charge on any atom is 0.163 e. The lowest BCUT2D eigenvalue weighted by Gasteiger charge is -2.34. The summed E-state index contributed by atoms with van der Waals surface area (Å²) in [7, 11) is 0. The molecule has 1 unspecified atom stereocenters. The third kappa shape index (κ3) is 2.79. The van der Waals surface area contributed by atoms with E-state index in [9.17, 15) is 15.0 Å². The van der Waals surface area contributed by atoms with Gasteiger partial charge in [-0.1, -0.05) is 26.0 Å². The third-order valence-corrected chi connectivity index (χ3v) is 5.05. The summed E-state index contributed by atoms with van der Waals surface area (Å²) in [6.07, 6.45) is 1.21. The van der Waals surface area contributed by atoms with E-state index in [1.54, 1.807) is 6.07 Å². The van der Waals surface area contributed by atoms with Gasteiger partial charge in [0, 0.05) is 29.3 Å². The van der Waals surface area contributed by atoms with E-state index >= 15 is 0 Å². The molecule has 4 rings (SSSR count). The van der Waals surface area contributed by atoms with Crippen LogP contribution in [-0.2, 0) is 4.79 Å². The molecule has 2 aromatic carbocycles. The van der Waals surface area contributed by atoms with Gasteiger partial charge in [-0.3, -0.25) is 4.79 Å². The molecular weight excluding hydrogens is 328 g/mol. The van der Waals surface area contributed by atoms with Gasteiger partial charge in [-0.25, -0.2) is 0 Å². The average Bonchev–Trinajstić information content (AvgIpc) is 2.69. The monoisotopic (exact) mass is 350 g/mol. The summed E-state index contributed by atoms with van der Waals surface area (Å²) in [5.74, 6) is 0.0246. The van der Waals surface area contributed by atoms with Crippen LogP contribution in [0.2, 0.25) is 0 Å². The van der Waals surface area contributed by atoms with Crippen LogP contribution in [-0.4, -0.2) is 16.0 Å². The van der Waals surface area contributed by atoms with Crippen LogP contribution in [0, 0.1) is 5.41 Å². The van der Waals surface area contributed by atoms with E-state index in [4.69, 9.17) is 0 Å². The Morgan fingerprint density at radius 1 is 1.04 bits per heavy atom. The zero-order valence-electron chi connectivity index (χ0n) is 14.8. The number of Topliss-reactive ketones (excluding diaryl/α,β-unsaturated/α-hetero) is 1. The lowest BCUT2D eigenvalue weighted by Crippen LogP contribution is -2.31. The molecule has 0 radical (unpaired) electrons. The predicted molar refractivity (Wildman–Crippen MR) is 101 cm³/mol. The third-order valence-electron chi connectivity index (χ3n) is 5.05. The second kappa shape index (κ2) is 5.80. The molecule has 134 valence electrons. The predicted octanol–water partition coefficient (Wildman–Crippen LogP) is 4.32. The number of para-hydroxylation sites is 2. The van der Waals surface area contributed by atoms with Crippen LogP contribution in [0.4, 0.5) is 11.4 Å². The Bertz CT molecular complexity index is 931. The Kier molecular flexibility index (Phi) is 3.68. The molecule has 1 aliphatic heterocycles. The van der Waals surface area contributed by atoms with E-state index < -0.39 is 6.04 Å². The number of allylic oxidation sites excluding steroid dienone is 1. The fraction of sp³-hybridized carbons (Fsp3) is 0.286. The molecule has 0 aromatic heterocycles. The minimum absolute atomic E-state index is 0.0105. The van der Waals surface area contributed by atoms with Crippen LogP contribution in [0.1, 0.15) is 38.3 Å². The summed E-state index contributed by atoms with van der Waals surface area (Å²) in [6, 6.07) is 11.8. The number of fused-ring (bicyclic) bond motifs is 1. The standard InChI is InChI=1S/C21H22N2O3/c1-21(2)10-16-19(18(26)11-21)20(13-8-7-12(24)9-17(13)25)23-15-6-4-3-5-14(15)22-16/h3-9,20,22-25H,10-11H2,1-2H3. The summed E-state index contributed by atoms with van der Waals surface area (Å²) in [4.78, 5) is 13.0. The van der Waals surface area contributed by atoms with Crippen molar-refractivity contribution in [2.24, 2.45) is 5.41 Å². The van der Waals surface area contributed by atoms with E-state index in [0.717, 1.165) is 23.5 Å². The largest absolute Gasteiger partial charge is 0.508 e. The van der Waals surface area contributed by atoms with E-state index in [2.05, 4.69) is 24.5 Å². The van der Waals surface area contributed by atoms with Crippen molar-refractivity contribution in [1.82, 2.24) is 0 Å². The Hall–Kier alpha value is -2.95. The SMILES string of the molecule is CC1(C)CC(=O)C2=C(C1)Nc1ccccc1NC2c1ccc(O)cc1O. The van der Waals surface area contributed by atoms with Crippen molar-refractivity contribution in [3.05, 3.63) is 59.3 Å². The molecular formula is C21H22N2O3. The van der Waals surface area contributed by atoms with Gasteiger partial charge in [0.2, 0.25) is 0 Å². The summed E-state index contributed by atoms with van der Waals surface area (Å²) < 4.78 is 0. The van der Waals surface area contributed by atoms with Crippen molar-refractivity contribution in [2.45, 2.75) is 32.7 Å². The highest BCUT2D eigenvalue weighted by molar-refractivity contribution is 6.01. The summed E-state index contributed by atoms with van der Waals surface area (Å²) in [5, 5.41) is 26.9. The Balaban J connectivity index is 1.91. The highest BCUT2D eigenvalue weighted by atomic mass is 16.3. The number of phenolic OH excluding ortho intramolecular Hbond substituents is 2. The summed E-state index contributed by atoms with van der Waals surface area (Å²) >= 11 is 0. The van der Waals surface area contributed by atoms with Crippen LogP contribution in [0.15, 0.2) is 53.7 Å². The quantitative estimate of drug-likeness (QED) is 0.616. The Labute approximate surface area is 152 Å². The Morgan fingerprint density at radius 2 is 1.77 bits per heavy atom. The minimum Gasteiger partial charge on any atom is -0.508 e. The van der Waals surface area contributed by atoms with Gasteiger partial charge in [0.25, 0.3) is 0 Å². The molecule has 1 heterocycles. The van der Waals surface area contributed by atoms with E-state index in [0.29, 0.717) is 17.6 Å². The van der Waals surface area contributed by atoms with E-state index in [1.807, 2.05) is 24.3 Å². The number of rotatable bonds is 1. The van der Waals surface area contributed by atoms with Crippen LogP contribution < -0.4 is 10.6 Å². The summed E-state index contributed by atoms with van der Waals surface area (Å²) in [5.41, 5.74) is 3.77. The second-order valence-electron chi connectivity index (χ2n) is 7.82. The highest BCUT2D eigenvalue weighted by Gasteiger charge is 2.39. The second-order valence-corrected chi connectivity index (χ2v) is 7.82. The topological polar surface area (TPSA) is 81.6 Å². The van der Waals surface area contributed by atoms with Crippen molar-refractivity contribution >= 4 is 17.2 Å². The van der Waals surface area contributed by atoms with Gasteiger partial charge in [-0.05, 0) is 36.1 Å². The molecule has 0 fully saturated rings. The number of aromatic hydroxyl groups is 2. The molecule has 0 spiro atoms. The van der Waals surface area contributed by atoms with Gasteiger partial charge in [0.05, 0.1) is 17.4 Å². The first-order chi connectivity index (χ1) is 12.3. The molecule has 1 aliphatic carbocycles. The van der Waals surface area contributed by atoms with Gasteiger partial charge in [-0.15, -0.1) is 0 Å². The van der Waals surface area contributed by atoms with Gasteiger partial charge in [0.15, 0.2) is 5.78 Å². The van der Waals surface area contributed by atoms with Crippen molar-refractivity contribution < 1.29 is 15.0 Å². The van der Waals surface area contributed by atoms with Crippen molar-refractivity contribution in [2.75, 3.05) is 10.6 Å². The van der Waals surface area contributed by atoms with Gasteiger partial charge >= 0.3 is 0 Å². The molecule has 0 saturated heterocycles. The number of ketones is 1. The number of carbonyl (C=O) groups is 1. The molecule has 5 nitrogen and oxygen atoms in total. The molecule has 0 bridgehead atoms. The number of phenols is 2. The van der Waals surface area contributed by atoms with E-state index in [-0.39, 0.29) is 22.7 Å². The number of anilines is 2. The normalized spacial score (nSPS) is 21.2. The minimum atomic E-state index is -0.481. The molecule has 0 amide bonds. The summed E-state index contributed by atoms with van der Waals surface area (Å²) in [6.45, 7) is 4.18. The number of hydrogen-bond acceptors (Lipinski definition) is 5. The molecule has 26 heavy (non-hydrogen) atoms. The van der Waals surface area contributed by atoms with Crippen molar-refractivity contribution in [1.29, 1.82) is 0 Å². The Morgan fingerprint density at radius 3 is 2.50 bits per heavy atom. The van der Waals surface area contributed by atoms with Crippen molar-refractivity contribution in [3.8, 4) is 11.5 Å². The first-order valence-corrected chi connectivity index (χ1v) is 8.75. The molecule has 2 aromatic rings. The van der Waals surface area contributed by atoms with Crippen LogP contribution in [0.5, 0.6) is 11.5 Å². The van der Waals surface area contributed by atoms with Crippen LogP contribution in [0.25, 0.3) is 0 Å². The number of hydrogen-bond donors (Lipinski definition) is 4. The highest BCUT2D eigenvalue weighted by Crippen LogP contribution is 2.46. The first-order valence-electron chi connectivity index (χ1n) is 8.75. The molecule has 2 aliphatic rings. The lowest BCUT2D eigenvalue weighted by atomic mass is 9.73. The fourth-order valence-corrected chi connectivity index (χ4v) is 3.90. The molecule has 1 atom stereocenters. The zero-order chi connectivity index (χ0) is 18.5. The molecule has 4 N–H and O–H groups in total. The fourth-order valence-electron chi connectivity index (χ4n) is 3.90. The van der Waals surface area contributed by atoms with Gasteiger partial charge in [0.1, 0.15) is 11.5 Å². The zero-order valence-corrected chi connectivity index (χ0v) is 14.8.